The summed E-state index contributed by atoms with van der Waals surface area (Å²) in [6.07, 6.45) is 0.329. The molecule has 0 aromatic carbocycles. The Morgan fingerprint density at radius 1 is 1.62 bits per heavy atom. The molecular formula is C8H12N2O3. The van der Waals surface area contributed by atoms with E-state index >= 15 is 0 Å². The van der Waals surface area contributed by atoms with Crippen molar-refractivity contribution in [2.45, 2.75) is 6.42 Å². The predicted octanol–water partition coefficient (Wildman–Crippen LogP) is -1.06. The van der Waals surface area contributed by atoms with Crippen molar-refractivity contribution in [1.82, 2.24) is 10.2 Å². The molecule has 2 saturated heterocycles. The van der Waals surface area contributed by atoms with Crippen LogP contribution in [0.25, 0.3) is 0 Å². The Bertz CT molecular complexity index is 236. The zero-order valence-corrected chi connectivity index (χ0v) is 7.28. The summed E-state index contributed by atoms with van der Waals surface area (Å²) >= 11 is 0. The van der Waals surface area contributed by atoms with Gasteiger partial charge < -0.3 is 15.0 Å². The van der Waals surface area contributed by atoms with Gasteiger partial charge in [0.15, 0.2) is 0 Å². The van der Waals surface area contributed by atoms with E-state index in [4.69, 9.17) is 4.74 Å². The lowest BCUT2D eigenvalue weighted by Gasteiger charge is -2.16. The zero-order valence-electron chi connectivity index (χ0n) is 7.28. The van der Waals surface area contributed by atoms with E-state index in [1.54, 1.807) is 4.90 Å². The van der Waals surface area contributed by atoms with Crippen LogP contribution in [0.1, 0.15) is 6.42 Å². The third-order valence-corrected chi connectivity index (χ3v) is 2.39. The Balaban J connectivity index is 1.92. The second-order valence-corrected chi connectivity index (χ2v) is 3.34. The number of carbonyl (C=O) groups excluding carboxylic acids is 2. The third kappa shape index (κ3) is 1.65. The largest absolute Gasteiger partial charge is 0.359 e. The highest BCUT2D eigenvalue weighted by Gasteiger charge is 2.32. The maximum absolute atomic E-state index is 11.6. The van der Waals surface area contributed by atoms with Crippen LogP contribution >= 0.6 is 0 Å². The van der Waals surface area contributed by atoms with Crippen LogP contribution in [0, 0.1) is 5.92 Å². The molecule has 2 heterocycles. The number of rotatable bonds is 1. The highest BCUT2D eigenvalue weighted by atomic mass is 16.5. The van der Waals surface area contributed by atoms with E-state index in [1.165, 1.54) is 0 Å². The number of nitrogens with zero attached hydrogens (tertiary/aromatic N) is 1. The molecule has 1 N–H and O–H groups in total. The van der Waals surface area contributed by atoms with E-state index < -0.39 is 0 Å². The maximum atomic E-state index is 11.6. The van der Waals surface area contributed by atoms with Crippen LogP contribution in [0.3, 0.4) is 0 Å². The van der Waals surface area contributed by atoms with Crippen LogP contribution in [0.15, 0.2) is 0 Å². The van der Waals surface area contributed by atoms with Crippen LogP contribution in [-0.4, -0.2) is 43.1 Å². The summed E-state index contributed by atoms with van der Waals surface area (Å²) < 4.78 is 5.06. The molecule has 2 rings (SSSR count). The molecule has 1 unspecified atom stereocenters. The number of ether oxygens (including phenoxy) is 1. The molecule has 2 amide bonds. The molecular weight excluding hydrogens is 172 g/mol. The Labute approximate surface area is 76.0 Å². The summed E-state index contributed by atoms with van der Waals surface area (Å²) in [5.41, 5.74) is 0. The van der Waals surface area contributed by atoms with Crippen LogP contribution < -0.4 is 5.32 Å². The van der Waals surface area contributed by atoms with E-state index in [1.807, 2.05) is 0 Å². The van der Waals surface area contributed by atoms with Gasteiger partial charge in [-0.3, -0.25) is 9.59 Å². The quantitative estimate of drug-likeness (QED) is 0.565. The van der Waals surface area contributed by atoms with Crippen LogP contribution in [0.4, 0.5) is 0 Å². The molecule has 0 spiro atoms. The van der Waals surface area contributed by atoms with Gasteiger partial charge in [0.05, 0.1) is 12.5 Å². The summed E-state index contributed by atoms with van der Waals surface area (Å²) in [5, 5.41) is 2.65. The van der Waals surface area contributed by atoms with E-state index in [2.05, 4.69) is 5.32 Å². The lowest BCUT2D eigenvalue weighted by atomic mass is 10.1. The summed E-state index contributed by atoms with van der Waals surface area (Å²) in [6, 6.07) is 0. The summed E-state index contributed by atoms with van der Waals surface area (Å²) in [6.45, 7) is 2.13. The molecule has 5 heteroatoms. The fourth-order valence-corrected chi connectivity index (χ4v) is 1.63. The van der Waals surface area contributed by atoms with E-state index in [0.717, 1.165) is 0 Å². The SMILES string of the molecule is O=C1CC(C(=O)N2CCOC2)CN1. The van der Waals surface area contributed by atoms with E-state index in [0.29, 0.717) is 32.8 Å². The summed E-state index contributed by atoms with van der Waals surface area (Å²) in [5.74, 6) is -0.163. The average molecular weight is 184 g/mol. The molecule has 5 nitrogen and oxygen atoms in total. The molecule has 2 aliphatic heterocycles. The molecule has 13 heavy (non-hydrogen) atoms. The smallest absolute Gasteiger partial charge is 0.229 e. The first-order valence-electron chi connectivity index (χ1n) is 4.40. The Hall–Kier alpha value is -1.10. The van der Waals surface area contributed by atoms with Gasteiger partial charge in [0.2, 0.25) is 11.8 Å². The van der Waals surface area contributed by atoms with Crippen molar-refractivity contribution in [3.63, 3.8) is 0 Å². The lowest BCUT2D eigenvalue weighted by Crippen LogP contribution is -2.35. The first-order valence-corrected chi connectivity index (χ1v) is 4.40. The molecule has 0 aliphatic carbocycles. The standard InChI is InChI=1S/C8H12N2O3/c11-7-3-6(4-9-7)8(12)10-1-2-13-5-10/h6H,1-5H2,(H,9,11). The lowest BCUT2D eigenvalue weighted by molar-refractivity contribution is -0.136. The van der Waals surface area contributed by atoms with Crippen LogP contribution in [0.5, 0.6) is 0 Å². The van der Waals surface area contributed by atoms with Gasteiger partial charge in [-0.05, 0) is 0 Å². The number of amides is 2. The van der Waals surface area contributed by atoms with Crippen molar-refractivity contribution in [2.24, 2.45) is 5.92 Å². The Morgan fingerprint density at radius 2 is 2.46 bits per heavy atom. The minimum Gasteiger partial charge on any atom is -0.359 e. The monoisotopic (exact) mass is 184 g/mol. The van der Waals surface area contributed by atoms with Gasteiger partial charge in [-0.2, -0.15) is 0 Å². The fourth-order valence-electron chi connectivity index (χ4n) is 1.63. The normalized spacial score (nSPS) is 27.8. The Morgan fingerprint density at radius 3 is 3.00 bits per heavy atom. The topological polar surface area (TPSA) is 58.6 Å². The summed E-state index contributed by atoms with van der Waals surface area (Å²) in [4.78, 5) is 24.2. The van der Waals surface area contributed by atoms with Gasteiger partial charge >= 0.3 is 0 Å². The van der Waals surface area contributed by atoms with Crippen molar-refractivity contribution in [3.05, 3.63) is 0 Å². The maximum Gasteiger partial charge on any atom is 0.229 e. The van der Waals surface area contributed by atoms with Crippen LogP contribution in [-0.2, 0) is 14.3 Å². The molecule has 0 bridgehead atoms. The summed E-state index contributed by atoms with van der Waals surface area (Å²) in [7, 11) is 0. The van der Waals surface area contributed by atoms with Crippen molar-refractivity contribution in [1.29, 1.82) is 0 Å². The Kier molecular flexibility index (Phi) is 2.18. The van der Waals surface area contributed by atoms with Gasteiger partial charge in [0, 0.05) is 19.5 Å². The van der Waals surface area contributed by atoms with Crippen molar-refractivity contribution in [3.8, 4) is 0 Å². The fraction of sp³-hybridized carbons (Fsp3) is 0.750. The van der Waals surface area contributed by atoms with E-state index in [9.17, 15) is 9.59 Å². The first kappa shape index (κ1) is 8.50. The number of nitrogens with one attached hydrogen (secondary N) is 1. The van der Waals surface area contributed by atoms with Gasteiger partial charge in [0.25, 0.3) is 0 Å². The number of hydrogen-bond acceptors (Lipinski definition) is 3. The minimum absolute atomic E-state index is 0.0292. The third-order valence-electron chi connectivity index (χ3n) is 2.39. The highest BCUT2D eigenvalue weighted by molar-refractivity contribution is 5.89. The minimum atomic E-state index is -0.172. The van der Waals surface area contributed by atoms with Crippen molar-refractivity contribution < 1.29 is 14.3 Å². The van der Waals surface area contributed by atoms with Crippen molar-refractivity contribution in [2.75, 3.05) is 26.4 Å². The molecule has 2 aliphatic rings. The number of hydrogen-bond donors (Lipinski definition) is 1. The molecule has 2 fully saturated rings. The van der Waals surface area contributed by atoms with Gasteiger partial charge in [-0.1, -0.05) is 0 Å². The zero-order chi connectivity index (χ0) is 9.26. The molecule has 0 saturated carbocycles. The van der Waals surface area contributed by atoms with Crippen LogP contribution in [0.2, 0.25) is 0 Å². The average Bonchev–Trinajstić information content (AvgIpc) is 2.72. The molecule has 0 aromatic rings. The van der Waals surface area contributed by atoms with E-state index in [-0.39, 0.29) is 17.7 Å². The van der Waals surface area contributed by atoms with Gasteiger partial charge in [-0.15, -0.1) is 0 Å². The highest BCUT2D eigenvalue weighted by Crippen LogP contribution is 2.14. The van der Waals surface area contributed by atoms with Crippen molar-refractivity contribution >= 4 is 11.8 Å². The molecule has 72 valence electrons. The first-order chi connectivity index (χ1) is 6.27. The number of carbonyl (C=O) groups is 2. The molecule has 0 radical (unpaired) electrons. The van der Waals surface area contributed by atoms with Gasteiger partial charge in [0.1, 0.15) is 6.73 Å². The molecule has 1 atom stereocenters. The predicted molar refractivity (Wildman–Crippen MR) is 43.6 cm³/mol. The second kappa shape index (κ2) is 3.33. The second-order valence-electron chi connectivity index (χ2n) is 3.34. The molecule has 0 aromatic heterocycles. The van der Waals surface area contributed by atoms with Gasteiger partial charge in [-0.25, -0.2) is 0 Å².